The second-order valence-corrected chi connectivity index (χ2v) is 3.96. The van der Waals surface area contributed by atoms with E-state index < -0.39 is 0 Å². The average molecular weight is 195 g/mol. The number of anilines is 1. The molecule has 0 bridgehead atoms. The molecule has 0 saturated carbocycles. The normalized spacial score (nSPS) is 19.0. The Labute approximate surface area is 81.0 Å². The van der Waals surface area contributed by atoms with Crippen molar-refractivity contribution in [3.8, 4) is 0 Å². The monoisotopic (exact) mass is 195 g/mol. The van der Waals surface area contributed by atoms with E-state index in [1.165, 1.54) is 5.69 Å². The third-order valence-corrected chi connectivity index (χ3v) is 2.84. The SMILES string of the molecule is PN1CCN(c2cccnc2)CC1. The molecule has 1 aliphatic rings. The van der Waals surface area contributed by atoms with Gasteiger partial charge in [0.1, 0.15) is 0 Å². The molecule has 2 rings (SSSR count). The second-order valence-electron chi connectivity index (χ2n) is 3.23. The molecule has 0 amide bonds. The van der Waals surface area contributed by atoms with Crippen molar-refractivity contribution in [3.05, 3.63) is 24.5 Å². The van der Waals surface area contributed by atoms with Gasteiger partial charge in [-0.25, -0.2) is 0 Å². The van der Waals surface area contributed by atoms with Crippen LogP contribution in [-0.2, 0) is 0 Å². The van der Waals surface area contributed by atoms with E-state index in [-0.39, 0.29) is 0 Å². The number of pyridine rings is 1. The first kappa shape index (κ1) is 8.92. The van der Waals surface area contributed by atoms with Crippen LogP contribution in [-0.4, -0.2) is 35.8 Å². The van der Waals surface area contributed by atoms with Gasteiger partial charge in [-0.1, -0.05) is 9.39 Å². The van der Waals surface area contributed by atoms with E-state index in [1.807, 2.05) is 18.5 Å². The fourth-order valence-electron chi connectivity index (χ4n) is 1.52. The van der Waals surface area contributed by atoms with Gasteiger partial charge in [-0.05, 0) is 12.1 Å². The van der Waals surface area contributed by atoms with Crippen LogP contribution < -0.4 is 4.90 Å². The van der Waals surface area contributed by atoms with Crippen LogP contribution in [0.25, 0.3) is 0 Å². The van der Waals surface area contributed by atoms with Crippen molar-refractivity contribution in [2.45, 2.75) is 0 Å². The summed E-state index contributed by atoms with van der Waals surface area (Å²) in [5, 5.41) is 0. The van der Waals surface area contributed by atoms with Crippen molar-refractivity contribution in [3.63, 3.8) is 0 Å². The number of piperazine rings is 1. The van der Waals surface area contributed by atoms with E-state index >= 15 is 0 Å². The van der Waals surface area contributed by atoms with Gasteiger partial charge < -0.3 is 4.90 Å². The van der Waals surface area contributed by atoms with E-state index in [0.29, 0.717) is 0 Å². The van der Waals surface area contributed by atoms with Crippen LogP contribution in [0.15, 0.2) is 24.5 Å². The van der Waals surface area contributed by atoms with Crippen LogP contribution in [0.2, 0.25) is 0 Å². The molecule has 2 heterocycles. The molecule has 1 aliphatic heterocycles. The summed E-state index contributed by atoms with van der Waals surface area (Å²) in [4.78, 5) is 6.49. The predicted octanol–water partition coefficient (Wildman–Crippen LogP) is 0.994. The first-order valence-corrected chi connectivity index (χ1v) is 5.02. The first-order chi connectivity index (χ1) is 6.36. The van der Waals surface area contributed by atoms with Crippen molar-refractivity contribution in [1.82, 2.24) is 9.65 Å². The van der Waals surface area contributed by atoms with E-state index in [4.69, 9.17) is 0 Å². The van der Waals surface area contributed by atoms with Crippen molar-refractivity contribution in [1.29, 1.82) is 0 Å². The molecule has 1 aromatic heterocycles. The molecular weight excluding hydrogens is 181 g/mol. The maximum absolute atomic E-state index is 4.12. The molecule has 0 N–H and O–H groups in total. The Morgan fingerprint density at radius 1 is 1.23 bits per heavy atom. The number of hydrogen-bond acceptors (Lipinski definition) is 3. The van der Waals surface area contributed by atoms with Gasteiger partial charge in [0.15, 0.2) is 0 Å². The molecule has 1 saturated heterocycles. The number of aromatic nitrogens is 1. The van der Waals surface area contributed by atoms with Crippen molar-refractivity contribution in [2.75, 3.05) is 31.1 Å². The second kappa shape index (κ2) is 4.03. The van der Waals surface area contributed by atoms with Gasteiger partial charge in [-0.15, -0.1) is 0 Å². The summed E-state index contributed by atoms with van der Waals surface area (Å²) in [6.45, 7) is 4.41. The summed E-state index contributed by atoms with van der Waals surface area (Å²) in [5.41, 5.74) is 1.24. The molecule has 13 heavy (non-hydrogen) atoms. The summed E-state index contributed by atoms with van der Waals surface area (Å²) in [7, 11) is 2.75. The molecule has 0 aromatic carbocycles. The van der Waals surface area contributed by atoms with Crippen molar-refractivity contribution >= 4 is 15.1 Å². The van der Waals surface area contributed by atoms with E-state index in [0.717, 1.165) is 26.2 Å². The van der Waals surface area contributed by atoms with Gasteiger partial charge in [-0.3, -0.25) is 9.65 Å². The van der Waals surface area contributed by atoms with E-state index in [9.17, 15) is 0 Å². The van der Waals surface area contributed by atoms with Crippen molar-refractivity contribution < 1.29 is 0 Å². The number of rotatable bonds is 1. The Morgan fingerprint density at radius 3 is 2.62 bits per heavy atom. The molecule has 70 valence electrons. The maximum atomic E-state index is 4.12. The summed E-state index contributed by atoms with van der Waals surface area (Å²) >= 11 is 0. The topological polar surface area (TPSA) is 19.4 Å². The van der Waals surface area contributed by atoms with Crippen LogP contribution >= 0.6 is 9.39 Å². The number of nitrogens with zero attached hydrogens (tertiary/aromatic N) is 3. The van der Waals surface area contributed by atoms with Gasteiger partial charge >= 0.3 is 0 Å². The Balaban J connectivity index is 2.03. The molecular formula is C9H14N3P. The molecule has 1 unspecified atom stereocenters. The fraction of sp³-hybridized carbons (Fsp3) is 0.444. The Bertz CT molecular complexity index is 257. The van der Waals surface area contributed by atoms with Gasteiger partial charge in [0.25, 0.3) is 0 Å². The molecule has 0 radical (unpaired) electrons. The van der Waals surface area contributed by atoms with Crippen LogP contribution in [0.3, 0.4) is 0 Å². The van der Waals surface area contributed by atoms with Gasteiger partial charge in [0, 0.05) is 32.4 Å². The zero-order chi connectivity index (χ0) is 9.10. The van der Waals surface area contributed by atoms with Gasteiger partial charge in [-0.2, -0.15) is 0 Å². The lowest BCUT2D eigenvalue weighted by Gasteiger charge is -2.33. The molecule has 0 spiro atoms. The van der Waals surface area contributed by atoms with Crippen LogP contribution in [0, 0.1) is 0 Å². The maximum Gasteiger partial charge on any atom is 0.0553 e. The molecule has 1 atom stereocenters. The van der Waals surface area contributed by atoms with E-state index in [2.05, 4.69) is 30.0 Å². The van der Waals surface area contributed by atoms with Crippen LogP contribution in [0.5, 0.6) is 0 Å². The molecule has 1 fully saturated rings. The zero-order valence-corrected chi connectivity index (χ0v) is 8.71. The quantitative estimate of drug-likeness (QED) is 0.623. The van der Waals surface area contributed by atoms with Crippen LogP contribution in [0.4, 0.5) is 5.69 Å². The largest absolute Gasteiger partial charge is 0.368 e. The average Bonchev–Trinajstić information content (AvgIpc) is 2.20. The predicted molar refractivity (Wildman–Crippen MR) is 57.7 cm³/mol. The third kappa shape index (κ3) is 2.17. The smallest absolute Gasteiger partial charge is 0.0553 e. The van der Waals surface area contributed by atoms with Crippen LogP contribution in [0.1, 0.15) is 0 Å². The minimum Gasteiger partial charge on any atom is -0.368 e. The zero-order valence-electron chi connectivity index (χ0n) is 7.56. The Morgan fingerprint density at radius 2 is 2.00 bits per heavy atom. The third-order valence-electron chi connectivity index (χ3n) is 2.33. The highest BCUT2D eigenvalue weighted by atomic mass is 31.0. The molecule has 0 aliphatic carbocycles. The minimum atomic E-state index is 1.09. The van der Waals surface area contributed by atoms with E-state index in [1.54, 1.807) is 0 Å². The molecule has 3 nitrogen and oxygen atoms in total. The highest BCUT2D eigenvalue weighted by Crippen LogP contribution is 2.15. The highest BCUT2D eigenvalue weighted by molar-refractivity contribution is 7.13. The minimum absolute atomic E-state index is 1.09. The Kier molecular flexibility index (Phi) is 2.77. The molecule has 4 heteroatoms. The summed E-state index contributed by atoms with van der Waals surface area (Å²) in [5.74, 6) is 0. The standard InChI is InChI=1S/C9H14N3P/c13-12-6-4-11(5-7-12)9-2-1-3-10-8-9/h1-3,8H,4-7,13H2. The number of hydrogen-bond donors (Lipinski definition) is 0. The summed E-state index contributed by atoms with van der Waals surface area (Å²) in [6.07, 6.45) is 3.74. The highest BCUT2D eigenvalue weighted by Gasteiger charge is 2.13. The summed E-state index contributed by atoms with van der Waals surface area (Å²) < 4.78 is 2.27. The van der Waals surface area contributed by atoms with Crippen molar-refractivity contribution in [2.24, 2.45) is 0 Å². The van der Waals surface area contributed by atoms with Gasteiger partial charge in [0.05, 0.1) is 11.9 Å². The first-order valence-electron chi connectivity index (χ1n) is 4.51. The summed E-state index contributed by atoms with van der Waals surface area (Å²) in [6, 6.07) is 4.11. The van der Waals surface area contributed by atoms with Gasteiger partial charge in [0.2, 0.25) is 0 Å². The fourth-order valence-corrected chi connectivity index (χ4v) is 1.75. The Hall–Kier alpha value is -0.660. The lowest BCUT2D eigenvalue weighted by molar-refractivity contribution is 0.428. The lowest BCUT2D eigenvalue weighted by Crippen LogP contribution is -2.42. The molecule has 1 aromatic rings. The lowest BCUT2D eigenvalue weighted by atomic mass is 10.3.